The molecule has 10 nitrogen and oxygen atoms in total. The van der Waals surface area contributed by atoms with Crippen LogP contribution in [0.5, 0.6) is 11.5 Å². The van der Waals surface area contributed by atoms with Gasteiger partial charge in [0, 0.05) is 44.5 Å². The Morgan fingerprint density at radius 2 is 1.62 bits per heavy atom. The van der Waals surface area contributed by atoms with Crippen LogP contribution in [0.3, 0.4) is 0 Å². The Balaban J connectivity index is 0.897. The van der Waals surface area contributed by atoms with E-state index in [0.717, 1.165) is 69.5 Å². The lowest BCUT2D eigenvalue weighted by Gasteiger charge is -2.36. The van der Waals surface area contributed by atoms with E-state index in [1.165, 1.54) is 10.6 Å². The van der Waals surface area contributed by atoms with Crippen molar-refractivity contribution < 1.29 is 28.2 Å². The van der Waals surface area contributed by atoms with Gasteiger partial charge in [-0.3, -0.25) is 9.69 Å². The number of piperazine rings is 1. The maximum Gasteiger partial charge on any atom is 0.417 e. The van der Waals surface area contributed by atoms with Crippen LogP contribution >= 0.6 is 0 Å². The molecule has 3 aromatic carbocycles. The third kappa shape index (κ3) is 9.53. The number of anilines is 1. The van der Waals surface area contributed by atoms with E-state index in [1.54, 1.807) is 6.26 Å². The number of carbonyl (C=O) groups is 2. The molecule has 4 aromatic rings. The Kier molecular flexibility index (Phi) is 12.2. The highest BCUT2D eigenvalue weighted by molar-refractivity contribution is 6.00. The standard InChI is InChI=1S/C40H46N4O6/c1-2-47-37-28-32(18-20-35(37)48-29-33-30-49-38(41-33)21-19-31-12-5-3-6-13-31)14-9-10-17-36-39(45)44(40(46)50-36)23-11-22-42-24-26-43(27-25-42)34-15-7-4-8-16-34/h3-8,12-13,15-16,18-21,28,30,36H,2,9-11,14,17,22-27,29H2,1H3/b21-19+. The van der Waals surface area contributed by atoms with Gasteiger partial charge in [-0.25, -0.2) is 14.7 Å². The molecule has 262 valence electrons. The van der Waals surface area contributed by atoms with Crippen molar-refractivity contribution in [3.05, 3.63) is 108 Å². The van der Waals surface area contributed by atoms with Crippen molar-refractivity contribution >= 4 is 29.8 Å². The Bertz CT molecular complexity index is 1700. The minimum atomic E-state index is -0.697. The first-order valence-corrected chi connectivity index (χ1v) is 17.7. The molecule has 0 spiro atoms. The highest BCUT2D eigenvalue weighted by Crippen LogP contribution is 2.30. The molecular weight excluding hydrogens is 632 g/mol. The average molecular weight is 679 g/mol. The van der Waals surface area contributed by atoms with E-state index in [-0.39, 0.29) is 12.5 Å². The highest BCUT2D eigenvalue weighted by atomic mass is 16.6. The summed E-state index contributed by atoms with van der Waals surface area (Å²) in [5, 5.41) is 0. The number of ether oxygens (including phenoxy) is 3. The largest absolute Gasteiger partial charge is 0.490 e. The molecule has 2 fully saturated rings. The lowest BCUT2D eigenvalue weighted by atomic mass is 10.0. The van der Waals surface area contributed by atoms with Crippen LogP contribution in [-0.4, -0.2) is 78.8 Å². The summed E-state index contributed by atoms with van der Waals surface area (Å²) in [5.41, 5.74) is 4.11. The zero-order valence-electron chi connectivity index (χ0n) is 28.7. The van der Waals surface area contributed by atoms with Crippen LogP contribution < -0.4 is 14.4 Å². The molecule has 0 aliphatic carbocycles. The van der Waals surface area contributed by atoms with Crippen LogP contribution in [0.4, 0.5) is 10.5 Å². The van der Waals surface area contributed by atoms with E-state index >= 15 is 0 Å². The first kappa shape index (κ1) is 34.8. The molecule has 0 N–H and O–H groups in total. The molecule has 2 saturated heterocycles. The van der Waals surface area contributed by atoms with E-state index in [0.29, 0.717) is 42.7 Å². The minimum absolute atomic E-state index is 0.213. The molecule has 0 radical (unpaired) electrons. The van der Waals surface area contributed by atoms with Gasteiger partial charge in [0.2, 0.25) is 5.89 Å². The van der Waals surface area contributed by atoms with Gasteiger partial charge in [0.05, 0.1) is 6.61 Å². The van der Waals surface area contributed by atoms with Crippen LogP contribution in [0.2, 0.25) is 0 Å². The monoisotopic (exact) mass is 678 g/mol. The quantitative estimate of drug-likeness (QED) is 0.108. The van der Waals surface area contributed by atoms with Crippen molar-refractivity contribution in [1.82, 2.24) is 14.8 Å². The van der Waals surface area contributed by atoms with Gasteiger partial charge in [-0.15, -0.1) is 0 Å². The van der Waals surface area contributed by atoms with Gasteiger partial charge in [0.1, 0.15) is 18.6 Å². The second-order valence-electron chi connectivity index (χ2n) is 12.5. The van der Waals surface area contributed by atoms with Crippen LogP contribution in [0.15, 0.2) is 89.5 Å². The number of amides is 2. The summed E-state index contributed by atoms with van der Waals surface area (Å²) >= 11 is 0. The fourth-order valence-corrected chi connectivity index (χ4v) is 6.31. The molecule has 0 bridgehead atoms. The number of imide groups is 1. The number of carbonyl (C=O) groups excluding carboxylic acids is 2. The number of aromatic nitrogens is 1. The lowest BCUT2D eigenvalue weighted by molar-refractivity contribution is -0.130. The van der Waals surface area contributed by atoms with Crippen molar-refractivity contribution in [2.75, 3.05) is 50.8 Å². The number of rotatable bonds is 17. The van der Waals surface area contributed by atoms with Gasteiger partial charge in [0.25, 0.3) is 5.91 Å². The summed E-state index contributed by atoms with van der Waals surface area (Å²) in [6.07, 6.45) is 7.84. The molecule has 10 heteroatoms. The molecule has 0 saturated carbocycles. The maximum absolute atomic E-state index is 13.0. The van der Waals surface area contributed by atoms with Gasteiger partial charge in [-0.2, -0.15) is 0 Å². The molecule has 2 aliphatic rings. The summed E-state index contributed by atoms with van der Waals surface area (Å²) in [6.45, 7) is 7.83. The topological polar surface area (TPSA) is 97.6 Å². The first-order chi connectivity index (χ1) is 24.6. The fraction of sp³-hybridized carbons (Fsp3) is 0.375. The average Bonchev–Trinajstić information content (AvgIpc) is 3.72. The Hall–Kier alpha value is -5.09. The second kappa shape index (κ2) is 17.5. The third-order valence-electron chi connectivity index (χ3n) is 9.01. The Morgan fingerprint density at radius 3 is 2.40 bits per heavy atom. The lowest BCUT2D eigenvalue weighted by Crippen LogP contribution is -2.47. The van der Waals surface area contributed by atoms with Gasteiger partial charge in [0.15, 0.2) is 17.6 Å². The number of para-hydroxylation sites is 1. The normalized spacial score (nSPS) is 16.7. The van der Waals surface area contributed by atoms with Gasteiger partial charge in [-0.05, 0) is 87.0 Å². The van der Waals surface area contributed by atoms with Crippen molar-refractivity contribution in [1.29, 1.82) is 0 Å². The zero-order valence-corrected chi connectivity index (χ0v) is 28.7. The van der Waals surface area contributed by atoms with Crippen LogP contribution in [0.25, 0.3) is 12.2 Å². The van der Waals surface area contributed by atoms with Crippen LogP contribution in [-0.2, 0) is 22.6 Å². The number of benzene rings is 3. The Morgan fingerprint density at radius 1 is 0.840 bits per heavy atom. The summed E-state index contributed by atoms with van der Waals surface area (Å²) in [7, 11) is 0. The summed E-state index contributed by atoms with van der Waals surface area (Å²) in [4.78, 5) is 36.1. The van der Waals surface area contributed by atoms with E-state index in [9.17, 15) is 9.59 Å². The fourth-order valence-electron chi connectivity index (χ4n) is 6.31. The zero-order chi connectivity index (χ0) is 34.5. The number of nitrogens with zero attached hydrogens (tertiary/aromatic N) is 4. The molecule has 2 aliphatic heterocycles. The van der Waals surface area contributed by atoms with Crippen molar-refractivity contribution in [3.8, 4) is 11.5 Å². The number of hydrogen-bond donors (Lipinski definition) is 0. The number of aryl methyl sites for hydroxylation is 1. The number of oxazole rings is 1. The SMILES string of the molecule is CCOc1cc(CCCCC2OC(=O)N(CCCN3CCN(c4ccccc4)CC3)C2=O)ccc1OCc1coc(/C=C/c2ccccc2)n1. The number of unbranched alkanes of at least 4 members (excludes halogenated alkanes) is 1. The smallest absolute Gasteiger partial charge is 0.417 e. The second-order valence-corrected chi connectivity index (χ2v) is 12.5. The molecule has 1 atom stereocenters. The van der Waals surface area contributed by atoms with Crippen molar-refractivity contribution in [2.24, 2.45) is 0 Å². The molecule has 1 aromatic heterocycles. The number of cyclic esters (lactones) is 1. The van der Waals surface area contributed by atoms with E-state index in [4.69, 9.17) is 18.6 Å². The highest BCUT2D eigenvalue weighted by Gasteiger charge is 2.39. The van der Waals surface area contributed by atoms with E-state index in [1.807, 2.05) is 73.7 Å². The van der Waals surface area contributed by atoms with Crippen LogP contribution in [0, 0.1) is 0 Å². The van der Waals surface area contributed by atoms with Gasteiger partial charge >= 0.3 is 6.09 Å². The summed E-state index contributed by atoms with van der Waals surface area (Å²) in [6, 6.07) is 26.4. The summed E-state index contributed by atoms with van der Waals surface area (Å²) < 4.78 is 23.0. The molecule has 2 amide bonds. The predicted octanol–water partition coefficient (Wildman–Crippen LogP) is 7.10. The number of hydrogen-bond acceptors (Lipinski definition) is 9. The predicted molar refractivity (Wildman–Crippen MR) is 193 cm³/mol. The van der Waals surface area contributed by atoms with Gasteiger partial charge in [-0.1, -0.05) is 54.6 Å². The van der Waals surface area contributed by atoms with E-state index < -0.39 is 12.2 Å². The third-order valence-corrected chi connectivity index (χ3v) is 9.01. The molecular formula is C40H46N4O6. The van der Waals surface area contributed by atoms with E-state index in [2.05, 4.69) is 39.0 Å². The molecule has 3 heterocycles. The summed E-state index contributed by atoms with van der Waals surface area (Å²) in [5.74, 6) is 1.61. The van der Waals surface area contributed by atoms with Crippen molar-refractivity contribution in [2.45, 2.75) is 51.7 Å². The maximum atomic E-state index is 13.0. The Labute approximate surface area is 294 Å². The minimum Gasteiger partial charge on any atom is -0.490 e. The van der Waals surface area contributed by atoms with Crippen LogP contribution in [0.1, 0.15) is 55.3 Å². The van der Waals surface area contributed by atoms with Crippen molar-refractivity contribution in [3.63, 3.8) is 0 Å². The molecule has 50 heavy (non-hydrogen) atoms. The molecule has 1 unspecified atom stereocenters. The first-order valence-electron chi connectivity index (χ1n) is 17.7. The van der Waals surface area contributed by atoms with Gasteiger partial charge < -0.3 is 23.5 Å². The molecule has 6 rings (SSSR count).